The van der Waals surface area contributed by atoms with E-state index in [1.807, 2.05) is 0 Å². The van der Waals surface area contributed by atoms with Gasteiger partial charge in [0.2, 0.25) is 0 Å². The van der Waals surface area contributed by atoms with Crippen LogP contribution in [0.2, 0.25) is 0 Å². The zero-order chi connectivity index (χ0) is 15.2. The minimum Gasteiger partial charge on any atom is -0.465 e. The highest BCUT2D eigenvalue weighted by atomic mass is 32.2. The van der Waals surface area contributed by atoms with Crippen molar-refractivity contribution in [2.24, 2.45) is 0 Å². The third kappa shape index (κ3) is 5.48. The molecule has 0 aliphatic carbocycles. The predicted octanol–water partition coefficient (Wildman–Crippen LogP) is 0.516. The topological polar surface area (TPSA) is 85.4 Å². The highest BCUT2D eigenvalue weighted by molar-refractivity contribution is 8.02. The summed E-state index contributed by atoms with van der Waals surface area (Å²) in [6.45, 7) is 1.94. The first-order chi connectivity index (χ1) is 9.33. The van der Waals surface area contributed by atoms with Gasteiger partial charge in [0.15, 0.2) is 5.78 Å². The van der Waals surface area contributed by atoms with Crippen LogP contribution in [0.4, 0.5) is 5.82 Å². The zero-order valence-electron chi connectivity index (χ0n) is 11.9. The molecular weight excluding hydrogens is 280 g/mol. The first kappa shape index (κ1) is 16.3. The third-order valence-electron chi connectivity index (χ3n) is 2.34. The van der Waals surface area contributed by atoms with Gasteiger partial charge in [-0.05, 0) is 31.6 Å². The molecule has 1 N–H and O–H groups in total. The molecule has 0 aromatic carbocycles. The molecule has 7 heteroatoms. The SMILES string of the molecule is CCOC(=O)CNc1ncccc1C(=O)C[SH](C)(C)=O. The molecule has 0 saturated heterocycles. The van der Waals surface area contributed by atoms with Gasteiger partial charge in [-0.15, -0.1) is 9.93 Å². The molecule has 0 spiro atoms. The Morgan fingerprint density at radius 2 is 2.10 bits per heavy atom. The first-order valence-electron chi connectivity index (χ1n) is 6.25. The van der Waals surface area contributed by atoms with Crippen LogP contribution in [0.15, 0.2) is 18.3 Å². The summed E-state index contributed by atoms with van der Waals surface area (Å²) in [4.78, 5) is 27.4. The fourth-order valence-electron chi connectivity index (χ4n) is 1.57. The van der Waals surface area contributed by atoms with E-state index >= 15 is 0 Å². The molecule has 0 bridgehead atoms. The zero-order valence-corrected chi connectivity index (χ0v) is 12.8. The Morgan fingerprint density at radius 1 is 1.40 bits per heavy atom. The fourth-order valence-corrected chi connectivity index (χ4v) is 2.43. The summed E-state index contributed by atoms with van der Waals surface area (Å²) in [5.74, 6) is -0.391. The van der Waals surface area contributed by atoms with Gasteiger partial charge in [0.1, 0.15) is 12.4 Å². The van der Waals surface area contributed by atoms with E-state index in [0.29, 0.717) is 18.0 Å². The lowest BCUT2D eigenvalue weighted by Gasteiger charge is -2.13. The lowest BCUT2D eigenvalue weighted by Crippen LogP contribution is -2.23. The Balaban J connectivity index is 2.80. The highest BCUT2D eigenvalue weighted by Crippen LogP contribution is 2.13. The van der Waals surface area contributed by atoms with E-state index in [0.717, 1.165) is 0 Å². The van der Waals surface area contributed by atoms with Gasteiger partial charge in [-0.3, -0.25) is 13.8 Å². The largest absolute Gasteiger partial charge is 0.465 e. The molecule has 1 aromatic heterocycles. The number of ether oxygens (including phenoxy) is 1. The quantitative estimate of drug-likeness (QED) is 0.434. The highest BCUT2D eigenvalue weighted by Gasteiger charge is 2.16. The van der Waals surface area contributed by atoms with Crippen LogP contribution in [0.3, 0.4) is 0 Å². The van der Waals surface area contributed by atoms with E-state index in [1.165, 1.54) is 6.20 Å². The van der Waals surface area contributed by atoms with Gasteiger partial charge >= 0.3 is 5.97 Å². The van der Waals surface area contributed by atoms with E-state index in [1.54, 1.807) is 31.6 Å². The summed E-state index contributed by atoms with van der Waals surface area (Å²) in [6, 6.07) is 3.22. The number of hydrogen-bond donors (Lipinski definition) is 2. The number of nitrogens with zero attached hydrogens (tertiary/aromatic N) is 1. The number of anilines is 1. The summed E-state index contributed by atoms with van der Waals surface area (Å²) >= 11 is 0. The Bertz CT molecular complexity index is 539. The number of ketones is 1. The minimum absolute atomic E-state index is 0.0211. The molecule has 0 saturated carbocycles. The molecule has 0 aliphatic rings. The Labute approximate surface area is 119 Å². The van der Waals surface area contributed by atoms with E-state index in [2.05, 4.69) is 10.3 Å². The molecule has 1 rings (SSSR count). The van der Waals surface area contributed by atoms with Gasteiger partial charge in [-0.2, -0.15) is 0 Å². The van der Waals surface area contributed by atoms with Crippen LogP contribution < -0.4 is 5.32 Å². The van der Waals surface area contributed by atoms with E-state index < -0.39 is 15.9 Å². The summed E-state index contributed by atoms with van der Waals surface area (Å²) in [7, 11) is -2.45. The van der Waals surface area contributed by atoms with E-state index in [9.17, 15) is 13.8 Å². The van der Waals surface area contributed by atoms with Gasteiger partial charge in [0, 0.05) is 6.20 Å². The molecule has 0 aliphatic heterocycles. The van der Waals surface area contributed by atoms with Crippen molar-refractivity contribution in [1.82, 2.24) is 4.98 Å². The lowest BCUT2D eigenvalue weighted by molar-refractivity contribution is -0.140. The summed E-state index contributed by atoms with van der Waals surface area (Å²) < 4.78 is 16.5. The molecule has 0 radical (unpaired) electrons. The number of Topliss-reactive ketones (excluding diaryl/α,β-unsaturated/α-hetero) is 1. The van der Waals surface area contributed by atoms with Crippen LogP contribution in [0.25, 0.3) is 0 Å². The predicted molar refractivity (Wildman–Crippen MR) is 79.9 cm³/mol. The Morgan fingerprint density at radius 3 is 2.70 bits per heavy atom. The molecule has 20 heavy (non-hydrogen) atoms. The first-order valence-corrected chi connectivity index (χ1v) is 9.04. The fraction of sp³-hybridized carbons (Fsp3) is 0.462. The molecule has 0 atom stereocenters. The number of esters is 1. The lowest BCUT2D eigenvalue weighted by atomic mass is 10.2. The van der Waals surface area contributed by atoms with Gasteiger partial charge in [0.25, 0.3) is 0 Å². The van der Waals surface area contributed by atoms with Crippen molar-refractivity contribution in [3.63, 3.8) is 0 Å². The van der Waals surface area contributed by atoms with Crippen LogP contribution in [0.1, 0.15) is 17.3 Å². The Hall–Kier alpha value is -1.76. The summed E-state index contributed by atoms with van der Waals surface area (Å²) in [6.07, 6.45) is 4.64. The molecule has 0 fully saturated rings. The van der Waals surface area contributed by atoms with Crippen molar-refractivity contribution >= 4 is 27.5 Å². The standard InChI is InChI=1S/C13H20N2O4S/c1-4-19-12(17)8-15-13-10(6-5-7-14-13)11(16)9-20(2,3)18/h5-7,20H,4,8-9H2,1-3H3,(H,14,15). The van der Waals surface area contributed by atoms with Crippen molar-refractivity contribution in [3.8, 4) is 0 Å². The molecule has 1 heterocycles. The number of carbonyl (C=O) groups excluding carboxylic acids is 2. The maximum atomic E-state index is 12.1. The maximum absolute atomic E-state index is 12.1. The van der Waals surface area contributed by atoms with Gasteiger partial charge in [-0.1, -0.05) is 0 Å². The van der Waals surface area contributed by atoms with Crippen LogP contribution in [-0.4, -0.2) is 52.4 Å². The normalized spacial score (nSPS) is 11.8. The molecular formula is C13H20N2O4S. The Kier molecular flexibility index (Phi) is 5.82. The van der Waals surface area contributed by atoms with E-state index in [-0.39, 0.29) is 18.1 Å². The number of carbonyl (C=O) groups is 2. The summed E-state index contributed by atoms with van der Waals surface area (Å²) in [5.41, 5.74) is 0.334. The van der Waals surface area contributed by atoms with Crippen molar-refractivity contribution in [1.29, 1.82) is 0 Å². The second kappa shape index (κ2) is 7.14. The average molecular weight is 300 g/mol. The summed E-state index contributed by atoms with van der Waals surface area (Å²) in [5, 5.41) is 2.77. The minimum atomic E-state index is -2.45. The monoisotopic (exact) mass is 300 g/mol. The van der Waals surface area contributed by atoms with Crippen LogP contribution in [0, 0.1) is 0 Å². The third-order valence-corrected chi connectivity index (χ3v) is 3.39. The second-order valence-electron chi connectivity index (χ2n) is 4.71. The van der Waals surface area contributed by atoms with Crippen LogP contribution in [0.5, 0.6) is 0 Å². The number of pyridine rings is 1. The molecule has 112 valence electrons. The van der Waals surface area contributed by atoms with Crippen molar-refractivity contribution in [2.45, 2.75) is 6.92 Å². The molecule has 0 unspecified atom stereocenters. The van der Waals surface area contributed by atoms with Gasteiger partial charge in [0.05, 0.1) is 17.9 Å². The number of hydrogen-bond acceptors (Lipinski definition) is 6. The van der Waals surface area contributed by atoms with Crippen LogP contribution in [-0.2, 0) is 19.5 Å². The van der Waals surface area contributed by atoms with Crippen LogP contribution >= 0.6 is 0 Å². The number of nitrogens with one attached hydrogen (secondary N) is 1. The molecule has 1 aromatic rings. The number of thiol groups is 1. The maximum Gasteiger partial charge on any atom is 0.325 e. The van der Waals surface area contributed by atoms with Gasteiger partial charge < -0.3 is 10.1 Å². The molecule has 0 amide bonds. The number of rotatable bonds is 7. The second-order valence-corrected chi connectivity index (χ2v) is 8.18. The van der Waals surface area contributed by atoms with Crippen molar-refractivity contribution < 1.29 is 18.5 Å². The molecule has 6 nitrogen and oxygen atoms in total. The van der Waals surface area contributed by atoms with E-state index in [4.69, 9.17) is 4.74 Å². The van der Waals surface area contributed by atoms with Crippen molar-refractivity contribution in [2.75, 3.05) is 36.7 Å². The smallest absolute Gasteiger partial charge is 0.325 e. The average Bonchev–Trinajstić information content (AvgIpc) is 2.35. The number of aromatic nitrogens is 1. The van der Waals surface area contributed by atoms with Crippen molar-refractivity contribution in [3.05, 3.63) is 23.9 Å². The van der Waals surface area contributed by atoms with Gasteiger partial charge in [-0.25, -0.2) is 4.98 Å².